The third-order valence-electron chi connectivity index (χ3n) is 5.61. The number of nitrogens with one attached hydrogen (secondary N) is 2. The van der Waals surface area contributed by atoms with Crippen LogP contribution in [0, 0.1) is 0 Å². The summed E-state index contributed by atoms with van der Waals surface area (Å²) in [5.74, 6) is 0.398. The second kappa shape index (κ2) is 10.5. The second-order valence-electron chi connectivity index (χ2n) is 7.97. The fourth-order valence-electron chi connectivity index (χ4n) is 3.49. The van der Waals surface area contributed by atoms with Crippen LogP contribution in [0.3, 0.4) is 0 Å². The van der Waals surface area contributed by atoms with Gasteiger partial charge in [0.2, 0.25) is 11.9 Å². The van der Waals surface area contributed by atoms with Gasteiger partial charge in [-0.15, -0.1) is 9.19 Å². The maximum atomic E-state index is 13.3. The molecule has 0 aliphatic rings. The van der Waals surface area contributed by atoms with Crippen molar-refractivity contribution in [2.45, 2.75) is 44.7 Å². The molecule has 0 fully saturated rings. The second-order valence-corrected chi connectivity index (χ2v) is 9.73. The van der Waals surface area contributed by atoms with Crippen molar-refractivity contribution < 1.29 is 8.42 Å². The molecule has 1 heterocycles. The number of rotatable bonds is 10. The lowest BCUT2D eigenvalue weighted by molar-refractivity contribution is 0.580. The molecule has 4 aromatic rings. The Morgan fingerprint density at radius 3 is 1.74 bits per heavy atom. The van der Waals surface area contributed by atoms with Crippen molar-refractivity contribution in [1.29, 1.82) is 0 Å². The molecular formula is C26H29N5O2S. The van der Waals surface area contributed by atoms with Gasteiger partial charge in [0, 0.05) is 13.1 Å². The molecule has 0 aliphatic carbocycles. The van der Waals surface area contributed by atoms with Gasteiger partial charge in [0.05, 0.1) is 4.90 Å². The van der Waals surface area contributed by atoms with Gasteiger partial charge in [-0.05, 0) is 47.2 Å². The first-order chi connectivity index (χ1) is 16.5. The van der Waals surface area contributed by atoms with Crippen molar-refractivity contribution in [1.82, 2.24) is 14.2 Å². The zero-order valence-electron chi connectivity index (χ0n) is 19.4. The molecule has 0 atom stereocenters. The largest absolute Gasteiger partial charge is 0.349 e. The summed E-state index contributed by atoms with van der Waals surface area (Å²) >= 11 is 0. The van der Waals surface area contributed by atoms with E-state index in [1.807, 2.05) is 24.3 Å². The summed E-state index contributed by atoms with van der Waals surface area (Å²) in [6.45, 7) is 5.13. The van der Waals surface area contributed by atoms with Crippen LogP contribution in [-0.4, -0.2) is 22.6 Å². The molecule has 1 aromatic heterocycles. The molecule has 34 heavy (non-hydrogen) atoms. The van der Waals surface area contributed by atoms with Crippen LogP contribution in [0.2, 0.25) is 0 Å². The lowest BCUT2D eigenvalue weighted by Gasteiger charge is -2.09. The molecule has 0 aliphatic heterocycles. The molecule has 0 saturated carbocycles. The van der Waals surface area contributed by atoms with Gasteiger partial charge >= 0.3 is 0 Å². The van der Waals surface area contributed by atoms with Gasteiger partial charge in [-0.1, -0.05) is 80.6 Å². The van der Waals surface area contributed by atoms with Crippen molar-refractivity contribution in [3.05, 3.63) is 101 Å². The van der Waals surface area contributed by atoms with Gasteiger partial charge in [-0.2, -0.15) is 13.4 Å². The Morgan fingerprint density at radius 1 is 0.706 bits per heavy atom. The highest BCUT2D eigenvalue weighted by Gasteiger charge is 2.24. The van der Waals surface area contributed by atoms with Crippen LogP contribution in [-0.2, 0) is 36.0 Å². The summed E-state index contributed by atoms with van der Waals surface area (Å²) in [5.41, 5.74) is 4.59. The number of anilines is 2. The van der Waals surface area contributed by atoms with E-state index in [1.54, 1.807) is 30.3 Å². The van der Waals surface area contributed by atoms with E-state index in [-0.39, 0.29) is 16.8 Å². The molecule has 176 valence electrons. The van der Waals surface area contributed by atoms with Gasteiger partial charge in [0.25, 0.3) is 10.0 Å². The Hall–Kier alpha value is -3.65. The predicted octanol–water partition coefficient (Wildman–Crippen LogP) is 4.86. The summed E-state index contributed by atoms with van der Waals surface area (Å²) in [4.78, 5) is 4.60. The first kappa shape index (κ1) is 23.5. The van der Waals surface area contributed by atoms with Gasteiger partial charge in [-0.3, -0.25) is 0 Å². The molecule has 0 saturated heterocycles. The number of hydrogen-bond acceptors (Lipinski definition) is 6. The highest BCUT2D eigenvalue weighted by molar-refractivity contribution is 7.90. The van der Waals surface area contributed by atoms with Crippen molar-refractivity contribution in [3.8, 4) is 0 Å². The molecule has 7 nitrogen and oxygen atoms in total. The first-order valence-electron chi connectivity index (χ1n) is 11.4. The standard InChI is InChI=1S/C26H29N5O2S/c1-3-20-10-14-22(15-11-20)18-27-25-29-26(28-19-23-16-12-21(4-2)13-17-23)31(30-25)34(32,33)24-8-6-5-7-9-24/h5-17H,3-4,18-19H2,1-2H3,(H2,27,28,29,30). The smallest absolute Gasteiger partial charge is 0.286 e. The maximum absolute atomic E-state index is 13.3. The third kappa shape index (κ3) is 5.46. The summed E-state index contributed by atoms with van der Waals surface area (Å²) in [7, 11) is -3.92. The fraction of sp³-hybridized carbons (Fsp3) is 0.231. The number of aromatic nitrogens is 3. The Morgan fingerprint density at radius 2 is 1.21 bits per heavy atom. The Balaban J connectivity index is 1.58. The van der Waals surface area contributed by atoms with E-state index in [0.29, 0.717) is 13.1 Å². The predicted molar refractivity (Wildman–Crippen MR) is 135 cm³/mol. The monoisotopic (exact) mass is 475 g/mol. The maximum Gasteiger partial charge on any atom is 0.286 e. The summed E-state index contributed by atoms with van der Waals surface area (Å²) in [6, 6.07) is 24.7. The van der Waals surface area contributed by atoms with Crippen LogP contribution in [0.15, 0.2) is 83.8 Å². The highest BCUT2D eigenvalue weighted by Crippen LogP contribution is 2.20. The molecule has 0 unspecified atom stereocenters. The van der Waals surface area contributed by atoms with Crippen LogP contribution >= 0.6 is 0 Å². The van der Waals surface area contributed by atoms with Crippen LogP contribution in [0.4, 0.5) is 11.9 Å². The van der Waals surface area contributed by atoms with E-state index in [1.165, 1.54) is 11.1 Å². The highest BCUT2D eigenvalue weighted by atomic mass is 32.2. The van der Waals surface area contributed by atoms with Crippen LogP contribution < -0.4 is 10.6 Å². The summed E-state index contributed by atoms with van der Waals surface area (Å²) in [6.07, 6.45) is 1.95. The first-order valence-corrected chi connectivity index (χ1v) is 12.8. The third-order valence-corrected chi connectivity index (χ3v) is 7.19. The minimum absolute atomic E-state index is 0.150. The number of hydrogen-bond donors (Lipinski definition) is 2. The van der Waals surface area contributed by atoms with Crippen molar-refractivity contribution in [3.63, 3.8) is 0 Å². The molecule has 8 heteroatoms. The number of benzene rings is 3. The fourth-order valence-corrected chi connectivity index (χ4v) is 4.71. The topological polar surface area (TPSA) is 88.9 Å². The molecule has 2 N–H and O–H groups in total. The molecular weight excluding hydrogens is 446 g/mol. The van der Waals surface area contributed by atoms with E-state index in [4.69, 9.17) is 0 Å². The normalized spacial score (nSPS) is 11.4. The van der Waals surface area contributed by atoms with Crippen molar-refractivity contribution in [2.24, 2.45) is 0 Å². The Kier molecular flexibility index (Phi) is 7.27. The van der Waals surface area contributed by atoms with Crippen LogP contribution in [0.5, 0.6) is 0 Å². The lowest BCUT2D eigenvalue weighted by atomic mass is 10.1. The van der Waals surface area contributed by atoms with Gasteiger partial charge in [-0.25, -0.2) is 0 Å². The molecule has 0 bridgehead atoms. The zero-order valence-corrected chi connectivity index (χ0v) is 20.2. The van der Waals surface area contributed by atoms with Crippen molar-refractivity contribution >= 4 is 21.9 Å². The van der Waals surface area contributed by atoms with E-state index in [2.05, 4.69) is 58.8 Å². The van der Waals surface area contributed by atoms with E-state index in [9.17, 15) is 8.42 Å². The van der Waals surface area contributed by atoms with Gasteiger partial charge in [0.15, 0.2) is 0 Å². The minimum atomic E-state index is -3.92. The van der Waals surface area contributed by atoms with Gasteiger partial charge in [0.1, 0.15) is 0 Å². The molecule has 0 radical (unpaired) electrons. The van der Waals surface area contributed by atoms with Crippen LogP contribution in [0.1, 0.15) is 36.1 Å². The Bertz CT molecular complexity index is 1320. The molecule has 0 spiro atoms. The van der Waals surface area contributed by atoms with Crippen molar-refractivity contribution in [2.75, 3.05) is 10.6 Å². The minimum Gasteiger partial charge on any atom is -0.349 e. The quantitative estimate of drug-likeness (QED) is 0.340. The molecule has 4 rings (SSSR count). The van der Waals surface area contributed by atoms with E-state index >= 15 is 0 Å². The summed E-state index contributed by atoms with van der Waals surface area (Å²) < 4.78 is 27.6. The lowest BCUT2D eigenvalue weighted by Crippen LogP contribution is -2.18. The van der Waals surface area contributed by atoms with Gasteiger partial charge < -0.3 is 10.6 Å². The Labute approximate surface area is 200 Å². The van der Waals surface area contributed by atoms with E-state index in [0.717, 1.165) is 28.1 Å². The average Bonchev–Trinajstić information content (AvgIpc) is 3.31. The zero-order chi connectivity index (χ0) is 24.0. The van der Waals surface area contributed by atoms with Crippen LogP contribution in [0.25, 0.3) is 0 Å². The molecule has 3 aromatic carbocycles. The summed E-state index contributed by atoms with van der Waals surface area (Å²) in [5, 5.41) is 10.6. The SMILES string of the molecule is CCc1ccc(CNc2nc(NCc3ccc(CC)cc3)n(S(=O)(=O)c3ccccc3)n2)cc1. The number of aryl methyl sites for hydroxylation is 2. The average molecular weight is 476 g/mol. The number of nitrogens with zero attached hydrogens (tertiary/aromatic N) is 3. The van der Waals surface area contributed by atoms with E-state index < -0.39 is 10.0 Å². The molecule has 0 amide bonds.